The highest BCUT2D eigenvalue weighted by atomic mass is 19.4. The summed E-state index contributed by atoms with van der Waals surface area (Å²) < 4.78 is 127. The molecule has 0 heterocycles. The Kier molecular flexibility index (Phi) is 14.9. The maximum absolute atomic E-state index is 13.8. The van der Waals surface area contributed by atoms with E-state index in [4.69, 9.17) is 9.84 Å². The van der Waals surface area contributed by atoms with Crippen LogP contribution in [0.4, 0.5) is 39.5 Å². The Balaban J connectivity index is 5.44. The van der Waals surface area contributed by atoms with Crippen molar-refractivity contribution in [1.29, 1.82) is 0 Å². The van der Waals surface area contributed by atoms with Gasteiger partial charge in [-0.1, -0.05) is 33.1 Å². The lowest BCUT2D eigenvalue weighted by Crippen LogP contribution is -2.61. The minimum absolute atomic E-state index is 0.00829. The first-order valence-corrected chi connectivity index (χ1v) is 12.8. The highest BCUT2D eigenvalue weighted by Crippen LogP contribution is 2.53. The van der Waals surface area contributed by atoms with E-state index < -0.39 is 67.3 Å². The molecule has 2 unspecified atom stereocenters. The van der Waals surface area contributed by atoms with E-state index in [0.29, 0.717) is 6.42 Å². The number of likely N-dealkylation sites (N-methyl/N-ethyl adjacent to an activating group) is 1. The van der Waals surface area contributed by atoms with Crippen LogP contribution in [-0.4, -0.2) is 104 Å². The standard InChI is InChI=1S/C24H37F9N2O6/c1-5-7-8-16(6-2)15-41-19(38)13-17(34-10-11-35(3,4)14-18(36)37)20(39)40-12-9-21(25,26)22(27,28)23(29,30)24(31,32)33/h16-17,34H,5-15H2,1-4H3/p+1. The second-order valence-electron chi connectivity index (χ2n) is 10.3. The summed E-state index contributed by atoms with van der Waals surface area (Å²) in [5, 5.41) is 11.5. The van der Waals surface area contributed by atoms with Gasteiger partial charge in [-0.2, -0.15) is 39.5 Å². The molecule has 0 fully saturated rings. The van der Waals surface area contributed by atoms with Gasteiger partial charge in [0.05, 0.1) is 46.7 Å². The molecule has 0 bridgehead atoms. The van der Waals surface area contributed by atoms with Crippen LogP contribution in [0.25, 0.3) is 0 Å². The molecule has 0 aromatic carbocycles. The van der Waals surface area contributed by atoms with E-state index in [2.05, 4.69) is 10.1 Å². The molecule has 0 rings (SSSR count). The number of carboxylic acid groups (broad SMARTS) is 1. The van der Waals surface area contributed by atoms with Crippen molar-refractivity contribution in [2.24, 2.45) is 5.92 Å². The second-order valence-corrected chi connectivity index (χ2v) is 10.3. The molecule has 0 amide bonds. The first-order valence-electron chi connectivity index (χ1n) is 12.8. The van der Waals surface area contributed by atoms with Crippen molar-refractivity contribution in [1.82, 2.24) is 5.32 Å². The van der Waals surface area contributed by atoms with Crippen molar-refractivity contribution in [3.8, 4) is 0 Å². The zero-order valence-electron chi connectivity index (χ0n) is 23.3. The Bertz CT molecular complexity index is 854. The van der Waals surface area contributed by atoms with Gasteiger partial charge >= 0.3 is 41.9 Å². The van der Waals surface area contributed by atoms with Gasteiger partial charge in [0.15, 0.2) is 6.54 Å². The first kappa shape index (κ1) is 38.7. The van der Waals surface area contributed by atoms with Gasteiger partial charge in [-0.05, 0) is 12.3 Å². The lowest BCUT2D eigenvalue weighted by Gasteiger charge is -2.33. The van der Waals surface area contributed by atoms with Gasteiger partial charge in [-0.3, -0.25) is 14.9 Å². The zero-order valence-corrected chi connectivity index (χ0v) is 23.3. The number of unbranched alkanes of at least 4 members (excludes halogenated alkanes) is 1. The molecule has 2 N–H and O–H groups in total. The van der Waals surface area contributed by atoms with E-state index >= 15 is 0 Å². The van der Waals surface area contributed by atoms with Crippen molar-refractivity contribution in [2.45, 2.75) is 82.4 Å². The molecule has 8 nitrogen and oxygen atoms in total. The minimum atomic E-state index is -7.07. The van der Waals surface area contributed by atoms with Crippen LogP contribution in [-0.2, 0) is 23.9 Å². The number of carbonyl (C=O) groups is 3. The number of hydrogen-bond acceptors (Lipinski definition) is 6. The van der Waals surface area contributed by atoms with Crippen LogP contribution in [0.5, 0.6) is 0 Å². The molecule has 242 valence electrons. The molecular formula is C24H38F9N2O6+. The SMILES string of the molecule is CCCCC(CC)COC(=O)CC(NCC[N+](C)(C)CC(=O)O)C(=O)OCCC(F)(F)C(F)(F)C(F)(F)C(F)(F)F. The van der Waals surface area contributed by atoms with Crippen molar-refractivity contribution in [3.63, 3.8) is 0 Å². The number of hydrogen-bond donors (Lipinski definition) is 2. The van der Waals surface area contributed by atoms with Gasteiger partial charge in [0.1, 0.15) is 6.04 Å². The molecule has 0 spiro atoms. The molecule has 0 aromatic heterocycles. The fourth-order valence-electron chi connectivity index (χ4n) is 3.51. The fourth-order valence-corrected chi connectivity index (χ4v) is 3.51. The topological polar surface area (TPSA) is 102 Å². The normalized spacial score (nSPS) is 14.9. The van der Waals surface area contributed by atoms with E-state index in [1.165, 1.54) is 14.1 Å². The van der Waals surface area contributed by atoms with E-state index in [0.717, 1.165) is 19.3 Å². The number of halogens is 9. The molecule has 41 heavy (non-hydrogen) atoms. The number of aliphatic carboxylic acids is 1. The molecule has 0 saturated carbocycles. The highest BCUT2D eigenvalue weighted by Gasteiger charge is 2.81. The van der Waals surface area contributed by atoms with Gasteiger partial charge in [0, 0.05) is 6.54 Å². The number of ether oxygens (including phenoxy) is 2. The number of rotatable bonds is 20. The molecule has 0 aliphatic rings. The summed E-state index contributed by atoms with van der Waals surface area (Å²) in [4.78, 5) is 35.8. The third kappa shape index (κ3) is 12.2. The number of carboxylic acids is 1. The van der Waals surface area contributed by atoms with Gasteiger partial charge < -0.3 is 19.1 Å². The predicted molar refractivity (Wildman–Crippen MR) is 127 cm³/mol. The van der Waals surface area contributed by atoms with E-state index in [-0.39, 0.29) is 36.6 Å². The van der Waals surface area contributed by atoms with Crippen molar-refractivity contribution < 1.29 is 73.0 Å². The lowest BCUT2D eigenvalue weighted by molar-refractivity contribution is -0.881. The van der Waals surface area contributed by atoms with E-state index in [1.54, 1.807) is 0 Å². The van der Waals surface area contributed by atoms with Crippen molar-refractivity contribution >= 4 is 17.9 Å². The third-order valence-electron chi connectivity index (χ3n) is 6.22. The van der Waals surface area contributed by atoms with Gasteiger partial charge in [0.2, 0.25) is 0 Å². The zero-order chi connectivity index (χ0) is 32.3. The van der Waals surface area contributed by atoms with E-state index in [9.17, 15) is 53.9 Å². The van der Waals surface area contributed by atoms with Crippen LogP contribution in [0.15, 0.2) is 0 Å². The lowest BCUT2D eigenvalue weighted by atomic mass is 10.0. The van der Waals surface area contributed by atoms with Crippen LogP contribution in [0.1, 0.15) is 52.4 Å². The molecule has 0 saturated heterocycles. The summed E-state index contributed by atoms with van der Waals surface area (Å²) >= 11 is 0. The average Bonchev–Trinajstić information content (AvgIpc) is 2.81. The van der Waals surface area contributed by atoms with Gasteiger partial charge in [-0.15, -0.1) is 0 Å². The maximum atomic E-state index is 13.8. The van der Waals surface area contributed by atoms with Crippen molar-refractivity contribution in [2.75, 3.05) is 46.9 Å². The Hall–Kier alpha value is -2.30. The quantitative estimate of drug-likeness (QED) is 0.116. The molecule has 2 atom stereocenters. The summed E-state index contributed by atoms with van der Waals surface area (Å²) in [6.45, 7) is 1.77. The molecule has 17 heteroatoms. The van der Waals surface area contributed by atoms with Gasteiger partial charge in [-0.25, -0.2) is 4.79 Å². The van der Waals surface area contributed by atoms with Crippen molar-refractivity contribution in [3.05, 3.63) is 0 Å². The largest absolute Gasteiger partial charge is 0.477 e. The minimum Gasteiger partial charge on any atom is -0.477 e. The Morgan fingerprint density at radius 2 is 1.51 bits per heavy atom. The average molecular weight is 622 g/mol. The van der Waals surface area contributed by atoms with Crippen LogP contribution in [0, 0.1) is 5.92 Å². The monoisotopic (exact) mass is 621 g/mol. The summed E-state index contributed by atoms with van der Waals surface area (Å²) in [6, 6.07) is -1.62. The Morgan fingerprint density at radius 3 is 2.00 bits per heavy atom. The summed E-state index contributed by atoms with van der Waals surface area (Å²) in [5.74, 6) is -23.4. The summed E-state index contributed by atoms with van der Waals surface area (Å²) in [6.07, 6.45) is -6.88. The molecule has 0 aromatic rings. The number of esters is 2. The summed E-state index contributed by atoms with van der Waals surface area (Å²) in [7, 11) is 3.05. The maximum Gasteiger partial charge on any atom is 0.460 e. The third-order valence-corrected chi connectivity index (χ3v) is 6.22. The summed E-state index contributed by atoms with van der Waals surface area (Å²) in [5.41, 5.74) is 0. The molecule has 0 aliphatic heterocycles. The number of carbonyl (C=O) groups excluding carboxylic acids is 2. The highest BCUT2D eigenvalue weighted by molar-refractivity contribution is 5.82. The van der Waals surface area contributed by atoms with Crippen LogP contribution in [0.2, 0.25) is 0 Å². The first-order chi connectivity index (χ1) is 18.5. The second kappa shape index (κ2) is 15.8. The van der Waals surface area contributed by atoms with E-state index in [1.807, 2.05) is 13.8 Å². The Morgan fingerprint density at radius 1 is 0.927 bits per heavy atom. The molecular weight excluding hydrogens is 583 g/mol. The number of quaternary nitrogens is 1. The van der Waals surface area contributed by atoms with Crippen LogP contribution < -0.4 is 5.32 Å². The van der Waals surface area contributed by atoms with Gasteiger partial charge in [0.25, 0.3) is 0 Å². The Labute approximate surface area is 232 Å². The number of nitrogens with one attached hydrogen (secondary N) is 1. The molecule has 0 aliphatic carbocycles. The fraction of sp³-hybridized carbons (Fsp3) is 0.875. The van der Waals surface area contributed by atoms with Crippen LogP contribution >= 0.6 is 0 Å². The predicted octanol–water partition coefficient (Wildman–Crippen LogP) is 4.66. The molecule has 0 radical (unpaired) electrons. The number of nitrogens with zero attached hydrogens (tertiary/aromatic N) is 1. The number of alkyl halides is 9. The smallest absolute Gasteiger partial charge is 0.460 e. The van der Waals surface area contributed by atoms with Crippen LogP contribution in [0.3, 0.4) is 0 Å².